The number of methoxy groups -OCH3 is 1. The molecule has 5 aromatic rings. The van der Waals surface area contributed by atoms with Crippen LogP contribution in [0.3, 0.4) is 0 Å². The monoisotopic (exact) mass is 681 g/mol. The zero-order chi connectivity index (χ0) is 34.8. The van der Waals surface area contributed by atoms with Crippen LogP contribution in [-0.4, -0.2) is 38.8 Å². The highest BCUT2D eigenvalue weighted by Gasteiger charge is 2.32. The molecule has 0 radical (unpaired) electrons. The molecular formula is C38H36FN3O6S. The van der Waals surface area contributed by atoms with E-state index in [0.29, 0.717) is 11.3 Å². The Morgan fingerprint density at radius 1 is 0.776 bits per heavy atom. The third-order valence-corrected chi connectivity index (χ3v) is 9.08. The number of hydrogen-bond acceptors (Lipinski definition) is 6. The molecule has 252 valence electrons. The molecule has 0 bridgehead atoms. The Hall–Kier alpha value is -5.68. The maximum absolute atomic E-state index is 14.0. The van der Waals surface area contributed by atoms with Gasteiger partial charge in [0, 0.05) is 18.8 Å². The summed E-state index contributed by atoms with van der Waals surface area (Å²) < 4.78 is 52.4. The van der Waals surface area contributed by atoms with Gasteiger partial charge in [0.05, 0.1) is 12.0 Å². The minimum atomic E-state index is -3.96. The number of benzene rings is 5. The minimum absolute atomic E-state index is 0.0500. The lowest BCUT2D eigenvalue weighted by atomic mass is 10.0. The summed E-state index contributed by atoms with van der Waals surface area (Å²) in [5.41, 5.74) is 3.62. The van der Waals surface area contributed by atoms with Crippen LogP contribution in [0.4, 0.5) is 10.1 Å². The van der Waals surface area contributed by atoms with Crippen molar-refractivity contribution in [3.8, 4) is 11.5 Å². The summed E-state index contributed by atoms with van der Waals surface area (Å²) in [6, 6.07) is 33.6. The highest BCUT2D eigenvalue weighted by molar-refractivity contribution is 7.92. The van der Waals surface area contributed by atoms with E-state index in [-0.39, 0.29) is 35.3 Å². The van der Waals surface area contributed by atoms with Crippen LogP contribution in [-0.2, 0) is 32.7 Å². The van der Waals surface area contributed by atoms with Crippen molar-refractivity contribution in [1.29, 1.82) is 0 Å². The summed E-state index contributed by atoms with van der Waals surface area (Å²) in [6.07, 6.45) is 0. The summed E-state index contributed by atoms with van der Waals surface area (Å²) in [7, 11) is -2.40. The SMILES string of the molecule is COc1ccc(CN(C(=O)COc2ccc(S(=O)(=O)Nc3ccc(F)cc3)cc2)[C@H](C(=O)NCc2ccc(C)cc2)c2ccccc2)cc1. The van der Waals surface area contributed by atoms with Crippen molar-refractivity contribution in [1.82, 2.24) is 10.2 Å². The first-order valence-corrected chi connectivity index (χ1v) is 16.9. The van der Waals surface area contributed by atoms with Gasteiger partial charge in [-0.3, -0.25) is 14.3 Å². The predicted octanol–water partition coefficient (Wildman–Crippen LogP) is 6.41. The molecule has 0 saturated carbocycles. The van der Waals surface area contributed by atoms with Crippen molar-refractivity contribution in [2.24, 2.45) is 0 Å². The lowest BCUT2D eigenvalue weighted by molar-refractivity contribution is -0.143. The number of nitrogens with one attached hydrogen (secondary N) is 2. The number of sulfonamides is 1. The summed E-state index contributed by atoms with van der Waals surface area (Å²) in [4.78, 5) is 29.3. The molecule has 0 saturated heterocycles. The topological polar surface area (TPSA) is 114 Å². The van der Waals surface area contributed by atoms with Gasteiger partial charge in [-0.2, -0.15) is 0 Å². The van der Waals surface area contributed by atoms with Crippen LogP contribution in [0.5, 0.6) is 11.5 Å². The van der Waals surface area contributed by atoms with Gasteiger partial charge in [0.2, 0.25) is 5.91 Å². The zero-order valence-electron chi connectivity index (χ0n) is 27.0. The van der Waals surface area contributed by atoms with Gasteiger partial charge in [-0.05, 0) is 84.3 Å². The van der Waals surface area contributed by atoms with Crippen molar-refractivity contribution in [2.45, 2.75) is 31.0 Å². The van der Waals surface area contributed by atoms with Gasteiger partial charge in [0.15, 0.2) is 6.61 Å². The van der Waals surface area contributed by atoms with Gasteiger partial charge >= 0.3 is 0 Å². The van der Waals surface area contributed by atoms with Crippen LogP contribution >= 0.6 is 0 Å². The molecule has 1 atom stereocenters. The molecule has 9 nitrogen and oxygen atoms in total. The molecule has 0 aromatic heterocycles. The van der Waals surface area contributed by atoms with E-state index in [0.717, 1.165) is 28.8 Å². The first-order valence-electron chi connectivity index (χ1n) is 15.4. The number of anilines is 1. The number of ether oxygens (including phenoxy) is 2. The van der Waals surface area contributed by atoms with Gasteiger partial charge in [0.1, 0.15) is 23.4 Å². The number of nitrogens with zero attached hydrogens (tertiary/aromatic N) is 1. The molecule has 0 unspecified atom stereocenters. The predicted molar refractivity (Wildman–Crippen MR) is 185 cm³/mol. The Balaban J connectivity index is 1.36. The van der Waals surface area contributed by atoms with Crippen molar-refractivity contribution >= 4 is 27.5 Å². The maximum atomic E-state index is 14.0. The van der Waals surface area contributed by atoms with Crippen LogP contribution in [0.1, 0.15) is 28.3 Å². The molecule has 0 fully saturated rings. The fourth-order valence-electron chi connectivity index (χ4n) is 5.03. The van der Waals surface area contributed by atoms with E-state index >= 15 is 0 Å². The van der Waals surface area contributed by atoms with Gasteiger partial charge in [-0.15, -0.1) is 0 Å². The molecule has 0 spiro atoms. The lowest BCUT2D eigenvalue weighted by Crippen LogP contribution is -2.45. The van der Waals surface area contributed by atoms with Crippen LogP contribution in [0.25, 0.3) is 0 Å². The normalized spacial score (nSPS) is 11.7. The fraction of sp³-hybridized carbons (Fsp3) is 0.158. The van der Waals surface area contributed by atoms with Gasteiger partial charge in [-0.25, -0.2) is 12.8 Å². The second-order valence-corrected chi connectivity index (χ2v) is 12.9. The summed E-state index contributed by atoms with van der Waals surface area (Å²) in [5.74, 6) is -0.418. The van der Waals surface area contributed by atoms with E-state index in [4.69, 9.17) is 9.47 Å². The van der Waals surface area contributed by atoms with Crippen molar-refractivity contribution in [3.63, 3.8) is 0 Å². The molecule has 5 rings (SSSR count). The highest BCUT2D eigenvalue weighted by atomic mass is 32.2. The van der Waals surface area contributed by atoms with Crippen molar-refractivity contribution < 1.29 is 31.9 Å². The van der Waals surface area contributed by atoms with Gasteiger partial charge in [-0.1, -0.05) is 72.3 Å². The number of aryl methyl sites for hydroxylation is 1. The molecule has 2 amide bonds. The number of rotatable bonds is 14. The summed E-state index contributed by atoms with van der Waals surface area (Å²) in [5, 5.41) is 3.00. The Morgan fingerprint density at radius 2 is 1.39 bits per heavy atom. The lowest BCUT2D eigenvalue weighted by Gasteiger charge is -2.31. The molecule has 0 aliphatic heterocycles. The average molecular weight is 682 g/mol. The Kier molecular flexibility index (Phi) is 11.3. The summed E-state index contributed by atoms with van der Waals surface area (Å²) >= 11 is 0. The van der Waals surface area contributed by atoms with E-state index in [1.807, 2.05) is 61.5 Å². The molecule has 0 aliphatic carbocycles. The minimum Gasteiger partial charge on any atom is -0.497 e. The first kappa shape index (κ1) is 34.6. The third-order valence-electron chi connectivity index (χ3n) is 7.69. The second kappa shape index (κ2) is 15.9. The number of amides is 2. The number of halogens is 1. The van der Waals surface area contributed by atoms with Crippen molar-refractivity contribution in [2.75, 3.05) is 18.4 Å². The number of carbonyl (C=O) groups excluding carboxylic acids is 2. The van der Waals surface area contributed by atoms with Crippen LogP contribution in [0.15, 0.2) is 132 Å². The van der Waals surface area contributed by atoms with Crippen LogP contribution < -0.4 is 19.5 Å². The average Bonchev–Trinajstić information content (AvgIpc) is 3.12. The van der Waals surface area contributed by atoms with Crippen LogP contribution in [0.2, 0.25) is 0 Å². The molecule has 0 heterocycles. The molecule has 5 aromatic carbocycles. The summed E-state index contributed by atoms with van der Waals surface area (Å²) in [6.45, 7) is 1.93. The Morgan fingerprint density at radius 3 is 2.02 bits per heavy atom. The molecule has 2 N–H and O–H groups in total. The standard InChI is InChI=1S/C38H36FN3O6S/c1-27-8-10-28(11-9-27)24-40-38(44)37(30-6-4-3-5-7-30)42(25-29-12-18-33(47-2)19-13-29)36(43)26-48-34-20-22-35(23-21-34)49(45,46)41-32-16-14-31(39)15-17-32/h3-23,37,41H,24-26H2,1-2H3,(H,40,44)/t37-/m0/s1. The highest BCUT2D eigenvalue weighted by Crippen LogP contribution is 2.26. The van der Waals surface area contributed by atoms with Gasteiger partial charge in [0.25, 0.3) is 15.9 Å². The van der Waals surface area contributed by atoms with Crippen LogP contribution in [0, 0.1) is 12.7 Å². The van der Waals surface area contributed by atoms with E-state index in [1.165, 1.54) is 41.3 Å². The van der Waals surface area contributed by atoms with E-state index in [9.17, 15) is 22.4 Å². The third kappa shape index (κ3) is 9.45. The number of carbonyl (C=O) groups is 2. The van der Waals surface area contributed by atoms with E-state index in [2.05, 4.69) is 10.0 Å². The van der Waals surface area contributed by atoms with Gasteiger partial charge < -0.3 is 19.7 Å². The molecule has 11 heteroatoms. The molecule has 49 heavy (non-hydrogen) atoms. The Labute approximate surface area is 285 Å². The second-order valence-electron chi connectivity index (χ2n) is 11.3. The number of hydrogen-bond donors (Lipinski definition) is 2. The van der Waals surface area contributed by atoms with Crippen molar-refractivity contribution in [3.05, 3.63) is 155 Å². The largest absolute Gasteiger partial charge is 0.497 e. The smallest absolute Gasteiger partial charge is 0.261 e. The molecular weight excluding hydrogens is 645 g/mol. The fourth-order valence-corrected chi connectivity index (χ4v) is 6.08. The maximum Gasteiger partial charge on any atom is 0.261 e. The zero-order valence-corrected chi connectivity index (χ0v) is 27.8. The van der Waals surface area contributed by atoms with E-state index in [1.54, 1.807) is 31.4 Å². The molecule has 0 aliphatic rings. The van der Waals surface area contributed by atoms with E-state index < -0.39 is 34.4 Å². The first-order chi connectivity index (χ1) is 23.6. The quantitative estimate of drug-likeness (QED) is 0.140. The Bertz CT molecular complexity index is 1950.